The maximum atomic E-state index is 5.92. The second-order valence-electron chi connectivity index (χ2n) is 4.71. The van der Waals surface area contributed by atoms with E-state index in [2.05, 4.69) is 50.5 Å². The van der Waals surface area contributed by atoms with E-state index in [-0.39, 0.29) is 0 Å². The molecular formula is C14H14ClIN4. The Morgan fingerprint density at radius 3 is 2.80 bits per heavy atom. The van der Waals surface area contributed by atoms with Crippen molar-refractivity contribution in [1.29, 1.82) is 0 Å². The molecule has 0 bridgehead atoms. The summed E-state index contributed by atoms with van der Waals surface area (Å²) in [5.41, 5.74) is 4.15. The summed E-state index contributed by atoms with van der Waals surface area (Å²) < 4.78 is 5.17. The van der Waals surface area contributed by atoms with Gasteiger partial charge in [0.2, 0.25) is 0 Å². The number of aromatic nitrogens is 4. The lowest BCUT2D eigenvalue weighted by Gasteiger charge is -2.06. The van der Waals surface area contributed by atoms with Crippen LogP contribution in [0.5, 0.6) is 0 Å². The molecule has 104 valence electrons. The van der Waals surface area contributed by atoms with Crippen LogP contribution in [0.1, 0.15) is 11.5 Å². The molecule has 3 rings (SSSR count). The number of rotatable bonds is 3. The van der Waals surface area contributed by atoms with Crippen molar-refractivity contribution < 1.29 is 0 Å². The lowest BCUT2D eigenvalue weighted by molar-refractivity contribution is 0.756. The molecule has 4 nitrogen and oxygen atoms in total. The molecule has 0 N–H and O–H groups in total. The molecule has 2 aromatic heterocycles. The van der Waals surface area contributed by atoms with Crippen LogP contribution in [0.15, 0.2) is 24.4 Å². The second kappa shape index (κ2) is 5.37. The fourth-order valence-electron chi connectivity index (χ4n) is 2.43. The highest BCUT2D eigenvalue weighted by Gasteiger charge is 2.15. The molecule has 2 heterocycles. The summed E-state index contributed by atoms with van der Waals surface area (Å²) in [6.45, 7) is 2.01. The molecule has 20 heavy (non-hydrogen) atoms. The van der Waals surface area contributed by atoms with Crippen LogP contribution in [0.2, 0.25) is 0 Å². The topological polar surface area (TPSA) is 35.6 Å². The van der Waals surface area contributed by atoms with E-state index in [1.165, 1.54) is 3.57 Å². The van der Waals surface area contributed by atoms with Gasteiger partial charge in [0.1, 0.15) is 5.82 Å². The van der Waals surface area contributed by atoms with Gasteiger partial charge in [-0.2, -0.15) is 5.10 Å². The Labute approximate surface area is 135 Å². The van der Waals surface area contributed by atoms with E-state index >= 15 is 0 Å². The van der Waals surface area contributed by atoms with E-state index in [1.54, 1.807) is 0 Å². The van der Waals surface area contributed by atoms with Gasteiger partial charge >= 0.3 is 0 Å². The van der Waals surface area contributed by atoms with Gasteiger partial charge in [0.15, 0.2) is 0 Å². The number of halogens is 2. The Kier molecular flexibility index (Phi) is 3.72. The summed E-state index contributed by atoms with van der Waals surface area (Å²) in [6.07, 6.45) is 2.76. The standard InChI is InChI=1S/C14H14ClIN4/c1-9-13(8-19(2)18-9)20-12-4-3-10(16)7-11(12)17-14(20)5-6-15/h3-4,7-8H,5-6H2,1-2H3. The number of imidazole rings is 1. The zero-order chi connectivity index (χ0) is 14.3. The fraction of sp³-hybridized carbons (Fsp3) is 0.286. The number of nitrogens with zero attached hydrogens (tertiary/aromatic N) is 4. The number of hydrogen-bond acceptors (Lipinski definition) is 2. The van der Waals surface area contributed by atoms with Crippen molar-refractivity contribution in [3.05, 3.63) is 39.5 Å². The summed E-state index contributed by atoms with van der Waals surface area (Å²) in [5, 5.41) is 4.43. The average molecular weight is 401 g/mol. The summed E-state index contributed by atoms with van der Waals surface area (Å²) in [6, 6.07) is 6.29. The Balaban J connectivity index is 2.31. The Hall–Kier alpha value is -1.08. The highest BCUT2D eigenvalue weighted by atomic mass is 127. The Morgan fingerprint density at radius 1 is 1.35 bits per heavy atom. The lowest BCUT2D eigenvalue weighted by Crippen LogP contribution is -2.02. The maximum absolute atomic E-state index is 5.92. The van der Waals surface area contributed by atoms with E-state index in [1.807, 2.05) is 24.9 Å². The summed E-state index contributed by atoms with van der Waals surface area (Å²) in [5.74, 6) is 1.54. The summed E-state index contributed by atoms with van der Waals surface area (Å²) in [4.78, 5) is 4.73. The smallest absolute Gasteiger partial charge is 0.115 e. The molecule has 0 spiro atoms. The first-order chi connectivity index (χ1) is 9.60. The van der Waals surface area contributed by atoms with Crippen LogP contribution in [0.3, 0.4) is 0 Å². The summed E-state index contributed by atoms with van der Waals surface area (Å²) in [7, 11) is 1.93. The highest BCUT2D eigenvalue weighted by molar-refractivity contribution is 14.1. The molecule has 0 unspecified atom stereocenters. The van der Waals surface area contributed by atoms with Gasteiger partial charge < -0.3 is 0 Å². The zero-order valence-electron chi connectivity index (χ0n) is 11.3. The van der Waals surface area contributed by atoms with Crippen LogP contribution >= 0.6 is 34.2 Å². The highest BCUT2D eigenvalue weighted by Crippen LogP contribution is 2.25. The first-order valence-electron chi connectivity index (χ1n) is 6.33. The Morgan fingerprint density at radius 2 is 2.15 bits per heavy atom. The number of benzene rings is 1. The summed E-state index contributed by atoms with van der Waals surface area (Å²) >= 11 is 8.23. The van der Waals surface area contributed by atoms with Gasteiger partial charge in [-0.3, -0.25) is 9.25 Å². The van der Waals surface area contributed by atoms with Crippen LogP contribution in [0.25, 0.3) is 16.7 Å². The van der Waals surface area contributed by atoms with Gasteiger partial charge in [-0.1, -0.05) is 0 Å². The monoisotopic (exact) mass is 400 g/mol. The van der Waals surface area contributed by atoms with Gasteiger partial charge in [0.25, 0.3) is 0 Å². The second-order valence-corrected chi connectivity index (χ2v) is 6.33. The first-order valence-corrected chi connectivity index (χ1v) is 7.95. The molecule has 0 aliphatic carbocycles. The third-order valence-corrected chi connectivity index (χ3v) is 4.09. The van der Waals surface area contributed by atoms with E-state index in [0.717, 1.165) is 34.7 Å². The van der Waals surface area contributed by atoms with Crippen LogP contribution < -0.4 is 0 Å². The third kappa shape index (κ3) is 2.33. The SMILES string of the molecule is Cc1nn(C)cc1-n1c(CCCl)nc2cc(I)ccc21. The van der Waals surface area contributed by atoms with Gasteiger partial charge in [-0.25, -0.2) is 4.98 Å². The predicted molar refractivity (Wildman–Crippen MR) is 89.7 cm³/mol. The minimum Gasteiger partial charge on any atom is -0.293 e. The van der Waals surface area contributed by atoms with Crippen molar-refractivity contribution in [1.82, 2.24) is 19.3 Å². The Bertz CT molecular complexity index is 775. The predicted octanol–water partition coefficient (Wildman–Crippen LogP) is 3.45. The molecule has 3 aromatic rings. The van der Waals surface area contributed by atoms with Gasteiger partial charge in [0, 0.05) is 29.1 Å². The minimum atomic E-state index is 0.555. The van der Waals surface area contributed by atoms with Crippen molar-refractivity contribution in [2.24, 2.45) is 7.05 Å². The van der Waals surface area contributed by atoms with Gasteiger partial charge in [-0.15, -0.1) is 11.6 Å². The van der Waals surface area contributed by atoms with Crippen LogP contribution in [-0.2, 0) is 13.5 Å². The first kappa shape index (κ1) is 13.9. The molecule has 0 aliphatic heterocycles. The molecule has 0 radical (unpaired) electrons. The zero-order valence-corrected chi connectivity index (χ0v) is 14.2. The van der Waals surface area contributed by atoms with Crippen molar-refractivity contribution in [3.8, 4) is 5.69 Å². The van der Waals surface area contributed by atoms with E-state index in [0.29, 0.717) is 5.88 Å². The molecule has 0 aliphatic rings. The van der Waals surface area contributed by atoms with Crippen molar-refractivity contribution in [2.75, 3.05) is 5.88 Å². The maximum Gasteiger partial charge on any atom is 0.115 e. The van der Waals surface area contributed by atoms with Crippen molar-refractivity contribution >= 4 is 45.2 Å². The molecule has 0 amide bonds. The van der Waals surface area contributed by atoms with Crippen LogP contribution in [0, 0.1) is 10.5 Å². The third-order valence-electron chi connectivity index (χ3n) is 3.23. The molecular weight excluding hydrogens is 387 g/mol. The molecule has 0 saturated carbocycles. The van der Waals surface area contributed by atoms with Crippen LogP contribution in [-0.4, -0.2) is 25.2 Å². The average Bonchev–Trinajstić information content (AvgIpc) is 2.89. The fourth-order valence-corrected chi connectivity index (χ4v) is 3.07. The molecule has 1 aromatic carbocycles. The number of hydrogen-bond donors (Lipinski definition) is 0. The number of fused-ring (bicyclic) bond motifs is 1. The molecule has 0 atom stereocenters. The molecule has 0 saturated heterocycles. The van der Waals surface area contributed by atoms with Crippen molar-refractivity contribution in [2.45, 2.75) is 13.3 Å². The van der Waals surface area contributed by atoms with Gasteiger partial charge in [-0.05, 0) is 47.7 Å². The minimum absolute atomic E-state index is 0.555. The number of aryl methyl sites for hydroxylation is 3. The molecule has 6 heteroatoms. The van der Waals surface area contributed by atoms with E-state index < -0.39 is 0 Å². The number of alkyl halides is 1. The lowest BCUT2D eigenvalue weighted by atomic mass is 10.3. The van der Waals surface area contributed by atoms with Gasteiger partial charge in [0.05, 0.1) is 22.4 Å². The molecule has 0 fully saturated rings. The van der Waals surface area contributed by atoms with Crippen molar-refractivity contribution in [3.63, 3.8) is 0 Å². The normalized spacial score (nSPS) is 11.4. The largest absolute Gasteiger partial charge is 0.293 e. The van der Waals surface area contributed by atoms with Crippen LogP contribution in [0.4, 0.5) is 0 Å². The quantitative estimate of drug-likeness (QED) is 0.499. The van der Waals surface area contributed by atoms with E-state index in [4.69, 9.17) is 16.6 Å². The van der Waals surface area contributed by atoms with E-state index in [9.17, 15) is 0 Å².